The number of benzene rings is 2. The molecule has 0 aliphatic carbocycles. The summed E-state index contributed by atoms with van der Waals surface area (Å²) in [6.45, 7) is 0. The van der Waals surface area contributed by atoms with Gasteiger partial charge in [-0.3, -0.25) is 4.79 Å². The second-order valence-corrected chi connectivity index (χ2v) is 6.45. The summed E-state index contributed by atoms with van der Waals surface area (Å²) in [5.74, 6) is -1.86. The first-order valence-electron chi connectivity index (χ1n) is 7.78. The molecule has 0 atom stereocenters. The molecular formula is C19H14N2O5S. The van der Waals surface area contributed by atoms with Gasteiger partial charge in [-0.1, -0.05) is 24.3 Å². The predicted molar refractivity (Wildman–Crippen MR) is 102 cm³/mol. The van der Waals surface area contributed by atoms with Crippen LogP contribution in [0.3, 0.4) is 0 Å². The number of rotatable bonds is 4. The number of nitrogens with one attached hydrogen (secondary N) is 1. The minimum atomic E-state index is -1.09. The lowest BCUT2D eigenvalue weighted by Crippen LogP contribution is -2.19. The maximum atomic E-state index is 12.1. The van der Waals surface area contributed by atoms with Gasteiger partial charge in [0.1, 0.15) is 0 Å². The van der Waals surface area contributed by atoms with Crippen LogP contribution in [0.4, 0.5) is 5.69 Å². The molecule has 1 fully saturated rings. The van der Waals surface area contributed by atoms with Gasteiger partial charge in [-0.15, -0.1) is 0 Å². The van der Waals surface area contributed by atoms with Gasteiger partial charge in [0.2, 0.25) is 0 Å². The number of amidine groups is 1. The van der Waals surface area contributed by atoms with Crippen LogP contribution in [-0.2, 0) is 9.53 Å². The molecule has 0 aromatic heterocycles. The number of carbonyl (C=O) groups excluding carboxylic acids is 2. The highest BCUT2D eigenvalue weighted by molar-refractivity contribution is 8.18. The normalized spacial score (nSPS) is 16.4. The van der Waals surface area contributed by atoms with E-state index >= 15 is 0 Å². The molecule has 1 aliphatic rings. The third-order valence-corrected chi connectivity index (χ3v) is 4.55. The highest BCUT2D eigenvalue weighted by atomic mass is 32.2. The van der Waals surface area contributed by atoms with Crippen LogP contribution in [0.15, 0.2) is 58.4 Å². The molecule has 0 radical (unpaired) electrons. The molecule has 0 saturated carbocycles. The summed E-state index contributed by atoms with van der Waals surface area (Å²) < 4.78 is 4.64. The molecule has 136 valence electrons. The number of aliphatic imine (C=N–C) groups is 1. The molecule has 2 aromatic carbocycles. The first kappa shape index (κ1) is 18.4. The van der Waals surface area contributed by atoms with Crippen LogP contribution < -0.4 is 5.32 Å². The molecule has 3 rings (SSSR count). The zero-order valence-electron chi connectivity index (χ0n) is 14.1. The number of methoxy groups -OCH3 is 1. The second-order valence-electron chi connectivity index (χ2n) is 5.42. The minimum absolute atomic E-state index is 0.0516. The highest BCUT2D eigenvalue weighted by Crippen LogP contribution is 2.29. The number of carboxylic acids is 1. The van der Waals surface area contributed by atoms with Crippen molar-refractivity contribution in [2.45, 2.75) is 0 Å². The van der Waals surface area contributed by atoms with Crippen molar-refractivity contribution in [3.05, 3.63) is 70.1 Å². The summed E-state index contributed by atoms with van der Waals surface area (Å²) in [5, 5.41) is 12.1. The van der Waals surface area contributed by atoms with Gasteiger partial charge in [-0.25, -0.2) is 14.6 Å². The van der Waals surface area contributed by atoms with E-state index in [1.54, 1.807) is 48.5 Å². The van der Waals surface area contributed by atoms with Gasteiger partial charge >= 0.3 is 11.9 Å². The van der Waals surface area contributed by atoms with Crippen molar-refractivity contribution >= 4 is 46.5 Å². The van der Waals surface area contributed by atoms with Gasteiger partial charge in [0.05, 0.1) is 28.8 Å². The minimum Gasteiger partial charge on any atom is -0.478 e. The fourth-order valence-corrected chi connectivity index (χ4v) is 3.16. The standard InChI is InChI=1S/C19H14N2O5S/c1-26-18(25)12-8-6-11(7-9-12)10-15-16(22)21-19(27-15)20-14-5-3-2-4-13(14)17(23)24/h2-10H,1H3,(H,23,24)(H,20,21,22)/b15-10-. The van der Waals surface area contributed by atoms with E-state index in [9.17, 15) is 19.5 Å². The van der Waals surface area contributed by atoms with Gasteiger partial charge in [-0.2, -0.15) is 0 Å². The van der Waals surface area contributed by atoms with Gasteiger partial charge < -0.3 is 15.2 Å². The Kier molecular flexibility index (Phi) is 5.37. The van der Waals surface area contributed by atoms with Crippen molar-refractivity contribution in [3.63, 3.8) is 0 Å². The fourth-order valence-electron chi connectivity index (χ4n) is 2.33. The lowest BCUT2D eigenvalue weighted by Gasteiger charge is -2.01. The first-order valence-corrected chi connectivity index (χ1v) is 8.60. The van der Waals surface area contributed by atoms with E-state index in [0.717, 1.165) is 17.3 Å². The summed E-state index contributed by atoms with van der Waals surface area (Å²) >= 11 is 1.11. The fraction of sp³-hybridized carbons (Fsp3) is 0.0526. The van der Waals surface area contributed by atoms with E-state index in [4.69, 9.17) is 0 Å². The van der Waals surface area contributed by atoms with Crippen molar-refractivity contribution in [3.8, 4) is 0 Å². The average molecular weight is 382 g/mol. The monoisotopic (exact) mass is 382 g/mol. The number of aromatic carboxylic acids is 1. The molecule has 0 spiro atoms. The second kappa shape index (κ2) is 7.88. The quantitative estimate of drug-likeness (QED) is 0.622. The van der Waals surface area contributed by atoms with E-state index in [1.807, 2.05) is 0 Å². The van der Waals surface area contributed by atoms with Crippen LogP contribution in [0.2, 0.25) is 0 Å². The Morgan fingerprint density at radius 1 is 1.15 bits per heavy atom. The number of carbonyl (C=O) groups is 3. The van der Waals surface area contributed by atoms with Crippen LogP contribution in [0.25, 0.3) is 6.08 Å². The molecule has 1 saturated heterocycles. The summed E-state index contributed by atoms with van der Waals surface area (Å²) in [5.41, 5.74) is 1.45. The number of para-hydroxylation sites is 1. The number of esters is 1. The molecular weight excluding hydrogens is 368 g/mol. The van der Waals surface area contributed by atoms with E-state index in [-0.39, 0.29) is 17.2 Å². The van der Waals surface area contributed by atoms with Crippen LogP contribution in [0.5, 0.6) is 0 Å². The molecule has 2 aromatic rings. The van der Waals surface area contributed by atoms with Crippen LogP contribution >= 0.6 is 11.8 Å². The zero-order chi connectivity index (χ0) is 19.4. The number of hydrogen-bond acceptors (Lipinski definition) is 6. The SMILES string of the molecule is COC(=O)c1ccc(/C=C2\SC(=Nc3ccccc3C(=O)O)NC2=O)cc1. The molecule has 1 aliphatic heterocycles. The van der Waals surface area contributed by atoms with Gasteiger partial charge in [0, 0.05) is 0 Å². The van der Waals surface area contributed by atoms with Gasteiger partial charge in [0.25, 0.3) is 5.91 Å². The summed E-state index contributed by atoms with van der Waals surface area (Å²) in [7, 11) is 1.31. The number of carboxylic acid groups (broad SMARTS) is 1. The number of amides is 1. The number of ether oxygens (including phenoxy) is 1. The Labute approximate surface area is 158 Å². The number of hydrogen-bond donors (Lipinski definition) is 2. The Balaban J connectivity index is 1.82. The molecule has 1 amide bonds. The largest absolute Gasteiger partial charge is 0.478 e. The van der Waals surface area contributed by atoms with Crippen molar-refractivity contribution in [2.75, 3.05) is 7.11 Å². The molecule has 2 N–H and O–H groups in total. The van der Waals surface area contributed by atoms with Gasteiger partial charge in [-0.05, 0) is 47.7 Å². The van der Waals surface area contributed by atoms with Crippen LogP contribution in [0, 0.1) is 0 Å². The van der Waals surface area contributed by atoms with Crippen LogP contribution in [0.1, 0.15) is 26.3 Å². The number of thioether (sulfide) groups is 1. The average Bonchev–Trinajstić information content (AvgIpc) is 3.01. The third kappa shape index (κ3) is 4.24. The van der Waals surface area contributed by atoms with Crippen LogP contribution in [-0.4, -0.2) is 35.2 Å². The topological polar surface area (TPSA) is 105 Å². The van der Waals surface area contributed by atoms with E-state index in [2.05, 4.69) is 15.0 Å². The summed E-state index contributed by atoms with van der Waals surface area (Å²) in [6, 6.07) is 12.9. The molecule has 1 heterocycles. The lowest BCUT2D eigenvalue weighted by atomic mass is 10.1. The Bertz CT molecular complexity index is 980. The number of nitrogens with zero attached hydrogens (tertiary/aromatic N) is 1. The van der Waals surface area contributed by atoms with E-state index in [0.29, 0.717) is 15.6 Å². The first-order chi connectivity index (χ1) is 13.0. The molecule has 8 heteroatoms. The molecule has 7 nitrogen and oxygen atoms in total. The van der Waals surface area contributed by atoms with Crippen molar-refractivity contribution < 1.29 is 24.2 Å². The highest BCUT2D eigenvalue weighted by Gasteiger charge is 2.24. The molecule has 0 unspecified atom stereocenters. The van der Waals surface area contributed by atoms with E-state index < -0.39 is 11.9 Å². The lowest BCUT2D eigenvalue weighted by molar-refractivity contribution is -0.115. The Morgan fingerprint density at radius 3 is 2.52 bits per heavy atom. The molecule has 0 bridgehead atoms. The van der Waals surface area contributed by atoms with Crippen molar-refractivity contribution in [2.24, 2.45) is 4.99 Å². The third-order valence-electron chi connectivity index (χ3n) is 3.64. The predicted octanol–water partition coefficient (Wildman–Crippen LogP) is 3.06. The van der Waals surface area contributed by atoms with Gasteiger partial charge in [0.15, 0.2) is 5.17 Å². The Hall–Kier alpha value is -3.39. The molecule has 27 heavy (non-hydrogen) atoms. The van der Waals surface area contributed by atoms with Crippen molar-refractivity contribution in [1.82, 2.24) is 5.32 Å². The van der Waals surface area contributed by atoms with Crippen molar-refractivity contribution in [1.29, 1.82) is 0 Å². The maximum Gasteiger partial charge on any atom is 0.337 e. The van der Waals surface area contributed by atoms with E-state index in [1.165, 1.54) is 13.2 Å². The smallest absolute Gasteiger partial charge is 0.337 e. The Morgan fingerprint density at radius 2 is 1.85 bits per heavy atom. The maximum absolute atomic E-state index is 12.1. The zero-order valence-corrected chi connectivity index (χ0v) is 14.9. The summed E-state index contributed by atoms with van der Waals surface area (Å²) in [6.07, 6.45) is 1.66. The summed E-state index contributed by atoms with van der Waals surface area (Å²) in [4.78, 5) is 39.5.